The van der Waals surface area contributed by atoms with Crippen LogP contribution in [-0.4, -0.2) is 36.7 Å². The number of fused-ring (bicyclic) bond motifs is 1. The molecular formula is C27H33N3O3. The first-order chi connectivity index (χ1) is 15.7. The van der Waals surface area contributed by atoms with Crippen molar-refractivity contribution in [3.05, 3.63) is 65.4 Å². The summed E-state index contributed by atoms with van der Waals surface area (Å²) in [6.07, 6.45) is 3.53. The number of amides is 1. The van der Waals surface area contributed by atoms with Gasteiger partial charge in [-0.25, -0.2) is 0 Å². The maximum atomic E-state index is 13.4. The van der Waals surface area contributed by atoms with E-state index >= 15 is 0 Å². The van der Waals surface area contributed by atoms with Crippen molar-refractivity contribution in [2.45, 2.75) is 51.6 Å². The van der Waals surface area contributed by atoms with E-state index in [0.29, 0.717) is 17.9 Å². The minimum atomic E-state index is -0.410. The lowest BCUT2D eigenvalue weighted by atomic mass is 9.97. The summed E-state index contributed by atoms with van der Waals surface area (Å²) >= 11 is 0. The van der Waals surface area contributed by atoms with E-state index in [4.69, 9.17) is 9.47 Å². The fourth-order valence-corrected chi connectivity index (χ4v) is 4.07. The topological polar surface area (TPSA) is 72.5 Å². The summed E-state index contributed by atoms with van der Waals surface area (Å²) in [4.78, 5) is 17.9. The van der Waals surface area contributed by atoms with Gasteiger partial charge >= 0.3 is 0 Å². The molecule has 2 aromatic carbocycles. The van der Waals surface area contributed by atoms with Crippen molar-refractivity contribution in [1.29, 1.82) is 0 Å². The predicted octanol–water partition coefficient (Wildman–Crippen LogP) is 4.74. The van der Waals surface area contributed by atoms with Crippen molar-refractivity contribution < 1.29 is 14.3 Å². The fourth-order valence-electron chi connectivity index (χ4n) is 4.07. The molecule has 4 rings (SSSR count). The molecule has 1 fully saturated rings. The summed E-state index contributed by atoms with van der Waals surface area (Å²) in [5.41, 5.74) is 3.10. The molecule has 0 radical (unpaired) electrons. The van der Waals surface area contributed by atoms with E-state index in [1.54, 1.807) is 13.3 Å². The first-order valence-electron chi connectivity index (χ1n) is 11.4. The second-order valence-electron chi connectivity index (χ2n) is 9.78. The Kier molecular flexibility index (Phi) is 6.30. The van der Waals surface area contributed by atoms with Gasteiger partial charge in [-0.05, 0) is 75.9 Å². The number of methoxy groups -OCH3 is 1. The number of hydrogen-bond donors (Lipinski definition) is 2. The monoisotopic (exact) mass is 447 g/mol. The van der Waals surface area contributed by atoms with Crippen molar-refractivity contribution in [2.24, 2.45) is 0 Å². The molecular weight excluding hydrogens is 414 g/mol. The van der Waals surface area contributed by atoms with Gasteiger partial charge in [-0.1, -0.05) is 12.1 Å². The van der Waals surface area contributed by atoms with Crippen LogP contribution in [0.2, 0.25) is 0 Å². The Morgan fingerprint density at radius 1 is 1.12 bits per heavy atom. The van der Waals surface area contributed by atoms with Gasteiger partial charge in [-0.2, -0.15) is 0 Å². The Morgan fingerprint density at radius 2 is 1.91 bits per heavy atom. The quantitative estimate of drug-likeness (QED) is 0.488. The first-order valence-corrected chi connectivity index (χ1v) is 11.4. The van der Waals surface area contributed by atoms with Gasteiger partial charge in [-0.3, -0.25) is 9.78 Å². The van der Waals surface area contributed by atoms with Crippen LogP contribution in [0.4, 0.5) is 0 Å². The highest BCUT2D eigenvalue weighted by atomic mass is 16.5. The molecule has 0 atom stereocenters. The van der Waals surface area contributed by atoms with Crippen molar-refractivity contribution >= 4 is 16.8 Å². The van der Waals surface area contributed by atoms with E-state index in [-0.39, 0.29) is 11.4 Å². The van der Waals surface area contributed by atoms with E-state index in [2.05, 4.69) is 42.5 Å². The molecule has 2 N–H and O–H groups in total. The average Bonchev–Trinajstić information content (AvgIpc) is 3.56. The summed E-state index contributed by atoms with van der Waals surface area (Å²) in [5.74, 6) is 1.35. The van der Waals surface area contributed by atoms with Crippen LogP contribution in [0.3, 0.4) is 0 Å². The van der Waals surface area contributed by atoms with Crippen molar-refractivity contribution in [2.75, 3.05) is 20.3 Å². The van der Waals surface area contributed by atoms with E-state index in [1.165, 1.54) is 0 Å². The molecule has 0 bridgehead atoms. The molecule has 0 spiro atoms. The molecule has 174 valence electrons. The van der Waals surface area contributed by atoms with Gasteiger partial charge in [0.05, 0.1) is 18.2 Å². The second kappa shape index (κ2) is 9.02. The Labute approximate surface area is 195 Å². The molecule has 1 heterocycles. The molecule has 6 nitrogen and oxygen atoms in total. The molecule has 1 amide bonds. The van der Waals surface area contributed by atoms with Crippen molar-refractivity contribution in [3.63, 3.8) is 0 Å². The number of rotatable bonds is 8. The maximum absolute atomic E-state index is 13.4. The van der Waals surface area contributed by atoms with Gasteiger partial charge < -0.3 is 20.1 Å². The zero-order valence-electron chi connectivity index (χ0n) is 20.1. The molecule has 1 aliphatic carbocycles. The van der Waals surface area contributed by atoms with E-state index in [9.17, 15) is 4.79 Å². The molecule has 0 unspecified atom stereocenters. The predicted molar refractivity (Wildman–Crippen MR) is 131 cm³/mol. The minimum absolute atomic E-state index is 0.0417. The Hall–Kier alpha value is -3.12. The molecule has 33 heavy (non-hydrogen) atoms. The van der Waals surface area contributed by atoms with Gasteiger partial charge in [0, 0.05) is 35.3 Å². The van der Waals surface area contributed by atoms with Crippen LogP contribution in [0.1, 0.15) is 55.1 Å². The number of nitrogens with one attached hydrogen (secondary N) is 2. The molecule has 0 aliphatic heterocycles. The lowest BCUT2D eigenvalue weighted by Crippen LogP contribution is -2.38. The number of benzene rings is 2. The molecule has 3 aromatic rings. The zero-order chi connectivity index (χ0) is 23.6. The summed E-state index contributed by atoms with van der Waals surface area (Å²) in [6.45, 7) is 9.58. The smallest absolute Gasteiger partial charge is 0.252 e. The number of aromatic nitrogens is 1. The average molecular weight is 448 g/mol. The van der Waals surface area contributed by atoms with E-state index in [0.717, 1.165) is 47.2 Å². The van der Waals surface area contributed by atoms with Crippen molar-refractivity contribution in [3.8, 4) is 11.5 Å². The highest BCUT2D eigenvalue weighted by Gasteiger charge is 2.47. The number of carbonyl (C=O) groups is 1. The molecule has 1 saturated carbocycles. The number of ether oxygens (including phenoxy) is 2. The summed E-state index contributed by atoms with van der Waals surface area (Å²) < 4.78 is 11.4. The molecule has 1 aliphatic rings. The molecule has 1 aromatic heterocycles. The Morgan fingerprint density at radius 3 is 2.61 bits per heavy atom. The fraction of sp³-hybridized carbons (Fsp3) is 0.407. The summed E-state index contributed by atoms with van der Waals surface area (Å²) in [5, 5.41) is 7.75. The highest BCUT2D eigenvalue weighted by molar-refractivity contribution is 5.97. The van der Waals surface area contributed by atoms with Crippen LogP contribution >= 0.6 is 0 Å². The lowest BCUT2D eigenvalue weighted by molar-refractivity contribution is 0.0930. The van der Waals surface area contributed by atoms with Crippen LogP contribution in [0.25, 0.3) is 10.9 Å². The third-order valence-corrected chi connectivity index (χ3v) is 6.03. The second-order valence-corrected chi connectivity index (χ2v) is 9.78. The Bertz CT molecular complexity index is 1160. The highest BCUT2D eigenvalue weighted by Crippen LogP contribution is 2.49. The van der Waals surface area contributed by atoms with Crippen molar-refractivity contribution in [1.82, 2.24) is 15.6 Å². The van der Waals surface area contributed by atoms with Gasteiger partial charge in [0.25, 0.3) is 5.91 Å². The lowest BCUT2D eigenvalue weighted by Gasteiger charge is -2.22. The number of carbonyl (C=O) groups excluding carboxylic acids is 1. The maximum Gasteiger partial charge on any atom is 0.252 e. The van der Waals surface area contributed by atoms with Crippen LogP contribution in [-0.2, 0) is 5.54 Å². The summed E-state index contributed by atoms with van der Waals surface area (Å²) in [7, 11) is 1.65. The minimum Gasteiger partial charge on any atom is -0.497 e. The van der Waals surface area contributed by atoms with E-state index in [1.807, 2.05) is 43.3 Å². The van der Waals surface area contributed by atoms with Crippen LogP contribution < -0.4 is 20.1 Å². The summed E-state index contributed by atoms with van der Waals surface area (Å²) in [6, 6.07) is 13.6. The van der Waals surface area contributed by atoms with Gasteiger partial charge in [-0.15, -0.1) is 0 Å². The van der Waals surface area contributed by atoms with Crippen LogP contribution in [0.15, 0.2) is 48.7 Å². The molecule has 0 saturated heterocycles. The third-order valence-electron chi connectivity index (χ3n) is 6.03. The standard InChI is InChI=1S/C27H33N3O3/c1-18-8-9-19(33-14-13-29-26(2,3)4)15-22(18)25(31)30-27(10-11-27)23-16-20(32-5)17-24-21(23)7-6-12-28-24/h6-9,12,15-17,29H,10-11,13-14H2,1-5H3,(H,30,31). The van der Waals surface area contributed by atoms with Gasteiger partial charge in [0.15, 0.2) is 0 Å². The first kappa shape index (κ1) is 23.1. The Balaban J connectivity index is 1.54. The number of pyridine rings is 1. The zero-order valence-corrected chi connectivity index (χ0v) is 20.1. The van der Waals surface area contributed by atoms with Crippen LogP contribution in [0, 0.1) is 6.92 Å². The largest absolute Gasteiger partial charge is 0.497 e. The van der Waals surface area contributed by atoms with Crippen LogP contribution in [0.5, 0.6) is 11.5 Å². The number of nitrogens with zero attached hydrogens (tertiary/aromatic N) is 1. The van der Waals surface area contributed by atoms with E-state index < -0.39 is 5.54 Å². The normalized spacial score (nSPS) is 14.7. The van der Waals surface area contributed by atoms with Gasteiger partial charge in [0.1, 0.15) is 18.1 Å². The number of hydrogen-bond acceptors (Lipinski definition) is 5. The number of aryl methyl sites for hydroxylation is 1. The van der Waals surface area contributed by atoms with Gasteiger partial charge in [0.2, 0.25) is 0 Å². The SMILES string of the molecule is COc1cc(C2(NC(=O)c3cc(OCCNC(C)(C)C)ccc3C)CC2)c2cccnc2c1. The third kappa shape index (κ3) is 5.28. The molecule has 6 heteroatoms.